The summed E-state index contributed by atoms with van der Waals surface area (Å²) in [5.41, 5.74) is 11.7. The van der Waals surface area contributed by atoms with Crippen molar-refractivity contribution in [2.45, 2.75) is 13.3 Å². The van der Waals surface area contributed by atoms with Crippen molar-refractivity contribution in [2.75, 3.05) is 6.61 Å². The number of esters is 1. The molecule has 0 aliphatic rings. The van der Waals surface area contributed by atoms with Crippen LogP contribution in [-0.2, 0) is 16.0 Å². The number of carbonyl (C=O) groups excluding carboxylic acids is 1. The molecule has 1 aromatic heterocycles. The predicted octanol–water partition coefficient (Wildman–Crippen LogP) is 4.55. The Morgan fingerprint density at radius 3 is 2.82 bits per heavy atom. The Hall–Kier alpha value is -2.56. The van der Waals surface area contributed by atoms with E-state index >= 15 is 0 Å². The summed E-state index contributed by atoms with van der Waals surface area (Å²) >= 11 is 1.54. The van der Waals surface area contributed by atoms with Crippen LogP contribution in [0, 0.1) is 0 Å². The van der Waals surface area contributed by atoms with Gasteiger partial charge in [0.05, 0.1) is 6.61 Å². The molecule has 0 saturated carbocycles. The number of hydrogen-bond donors (Lipinski definition) is 0. The Labute approximate surface area is 132 Å². The van der Waals surface area contributed by atoms with Crippen molar-refractivity contribution in [1.82, 2.24) is 0 Å². The molecule has 0 bridgehead atoms. The number of ether oxygens (including phenoxy) is 1. The standard InChI is InChI=1S/C16H15N3O2S/c1-2-21-16(20)15(18-19-17)9-14-11-22-10-13(14)8-12-6-4-3-5-7-12/h3-7,9-11H,2,8H2,1H3/b15-9-. The first-order valence-corrected chi connectivity index (χ1v) is 7.71. The van der Waals surface area contributed by atoms with Crippen LogP contribution < -0.4 is 0 Å². The minimum absolute atomic E-state index is 0.0305. The first-order chi connectivity index (χ1) is 10.7. The number of thiophene rings is 1. The van der Waals surface area contributed by atoms with E-state index in [0.29, 0.717) is 0 Å². The fourth-order valence-electron chi connectivity index (χ4n) is 1.95. The molecule has 6 heteroatoms. The van der Waals surface area contributed by atoms with Crippen LogP contribution in [0.25, 0.3) is 16.5 Å². The molecule has 0 radical (unpaired) electrons. The summed E-state index contributed by atoms with van der Waals surface area (Å²) in [5.74, 6) is -0.614. The van der Waals surface area contributed by atoms with Crippen molar-refractivity contribution in [3.05, 3.63) is 73.9 Å². The highest BCUT2D eigenvalue weighted by molar-refractivity contribution is 7.08. The van der Waals surface area contributed by atoms with Crippen LogP contribution >= 0.6 is 11.3 Å². The molecule has 1 heterocycles. The molecule has 112 valence electrons. The number of hydrogen-bond acceptors (Lipinski definition) is 4. The van der Waals surface area contributed by atoms with Crippen LogP contribution in [0.15, 0.2) is 51.9 Å². The molecule has 2 aromatic rings. The molecule has 0 unspecified atom stereocenters. The first-order valence-electron chi connectivity index (χ1n) is 6.77. The average molecular weight is 313 g/mol. The van der Waals surface area contributed by atoms with Crippen LogP contribution in [0.3, 0.4) is 0 Å². The Balaban J connectivity index is 2.28. The molecule has 0 atom stereocenters. The quantitative estimate of drug-likeness (QED) is 0.258. The zero-order valence-electron chi connectivity index (χ0n) is 12.1. The molecule has 0 spiro atoms. The van der Waals surface area contributed by atoms with E-state index in [2.05, 4.69) is 10.0 Å². The molecule has 0 aliphatic heterocycles. The Morgan fingerprint density at radius 2 is 2.14 bits per heavy atom. The summed E-state index contributed by atoms with van der Waals surface area (Å²) in [6.07, 6.45) is 2.33. The van der Waals surface area contributed by atoms with Crippen molar-refractivity contribution in [2.24, 2.45) is 5.11 Å². The van der Waals surface area contributed by atoms with Gasteiger partial charge in [-0.1, -0.05) is 35.4 Å². The monoisotopic (exact) mass is 313 g/mol. The number of azide groups is 1. The predicted molar refractivity (Wildman–Crippen MR) is 87.3 cm³/mol. The Bertz CT molecular complexity index is 716. The van der Waals surface area contributed by atoms with Crippen molar-refractivity contribution in [3.8, 4) is 0 Å². The fraction of sp³-hybridized carbons (Fsp3) is 0.188. The van der Waals surface area contributed by atoms with E-state index in [9.17, 15) is 4.79 Å². The van der Waals surface area contributed by atoms with Gasteiger partial charge in [0.2, 0.25) is 0 Å². The van der Waals surface area contributed by atoms with E-state index in [0.717, 1.165) is 17.5 Å². The third kappa shape index (κ3) is 4.22. The molecule has 2 rings (SSSR count). The minimum Gasteiger partial charge on any atom is -0.462 e. The van der Waals surface area contributed by atoms with E-state index in [1.807, 2.05) is 41.1 Å². The maximum Gasteiger partial charge on any atom is 0.340 e. The van der Waals surface area contributed by atoms with Crippen molar-refractivity contribution >= 4 is 23.4 Å². The minimum atomic E-state index is -0.614. The van der Waals surface area contributed by atoms with E-state index in [4.69, 9.17) is 10.3 Å². The maximum atomic E-state index is 11.8. The van der Waals surface area contributed by atoms with Crippen LogP contribution in [0.1, 0.15) is 23.6 Å². The van der Waals surface area contributed by atoms with Gasteiger partial charge in [-0.3, -0.25) is 0 Å². The summed E-state index contributed by atoms with van der Waals surface area (Å²) < 4.78 is 4.89. The number of benzene rings is 1. The molecule has 22 heavy (non-hydrogen) atoms. The summed E-state index contributed by atoms with van der Waals surface area (Å²) in [4.78, 5) is 14.5. The smallest absolute Gasteiger partial charge is 0.340 e. The zero-order chi connectivity index (χ0) is 15.8. The van der Waals surface area contributed by atoms with Gasteiger partial charge >= 0.3 is 5.97 Å². The van der Waals surface area contributed by atoms with Gasteiger partial charge in [0.25, 0.3) is 0 Å². The normalized spacial score (nSPS) is 10.9. The Kier molecular flexibility index (Phi) is 5.77. The van der Waals surface area contributed by atoms with Gasteiger partial charge in [0, 0.05) is 4.91 Å². The van der Waals surface area contributed by atoms with Crippen LogP contribution in [0.4, 0.5) is 0 Å². The molecular formula is C16H15N3O2S. The topological polar surface area (TPSA) is 75.1 Å². The number of carbonyl (C=O) groups is 1. The number of rotatable bonds is 6. The third-order valence-electron chi connectivity index (χ3n) is 2.94. The van der Waals surface area contributed by atoms with Gasteiger partial charge in [0.1, 0.15) is 5.70 Å². The van der Waals surface area contributed by atoms with Gasteiger partial charge in [-0.05, 0) is 52.4 Å². The van der Waals surface area contributed by atoms with E-state index in [1.54, 1.807) is 13.0 Å². The van der Waals surface area contributed by atoms with Gasteiger partial charge in [-0.25, -0.2) is 4.79 Å². The molecule has 0 amide bonds. The van der Waals surface area contributed by atoms with Crippen LogP contribution in [-0.4, -0.2) is 12.6 Å². The molecule has 5 nitrogen and oxygen atoms in total. The van der Waals surface area contributed by atoms with Crippen LogP contribution in [0.5, 0.6) is 0 Å². The fourth-order valence-corrected chi connectivity index (χ4v) is 2.77. The average Bonchev–Trinajstić information content (AvgIpc) is 2.95. The second-order valence-electron chi connectivity index (χ2n) is 4.45. The van der Waals surface area contributed by atoms with Gasteiger partial charge in [0.15, 0.2) is 0 Å². The zero-order valence-corrected chi connectivity index (χ0v) is 12.9. The summed E-state index contributed by atoms with van der Waals surface area (Å²) in [6, 6.07) is 10.0. The van der Waals surface area contributed by atoms with Crippen molar-refractivity contribution in [3.63, 3.8) is 0 Å². The van der Waals surface area contributed by atoms with E-state index in [-0.39, 0.29) is 12.3 Å². The highest BCUT2D eigenvalue weighted by atomic mass is 32.1. The highest BCUT2D eigenvalue weighted by Crippen LogP contribution is 2.22. The van der Waals surface area contributed by atoms with Crippen molar-refractivity contribution < 1.29 is 9.53 Å². The lowest BCUT2D eigenvalue weighted by Crippen LogP contribution is -2.05. The summed E-state index contributed by atoms with van der Waals surface area (Å²) in [6.45, 7) is 1.94. The molecule has 0 fully saturated rings. The molecule has 0 saturated heterocycles. The second-order valence-corrected chi connectivity index (χ2v) is 5.20. The molecule has 0 N–H and O–H groups in total. The third-order valence-corrected chi connectivity index (χ3v) is 3.75. The molecule has 1 aromatic carbocycles. The van der Waals surface area contributed by atoms with E-state index < -0.39 is 5.97 Å². The largest absolute Gasteiger partial charge is 0.462 e. The van der Waals surface area contributed by atoms with Crippen molar-refractivity contribution in [1.29, 1.82) is 0 Å². The second kappa shape index (κ2) is 8.02. The summed E-state index contributed by atoms with van der Waals surface area (Å²) in [7, 11) is 0. The van der Waals surface area contributed by atoms with E-state index in [1.165, 1.54) is 16.9 Å². The lowest BCUT2D eigenvalue weighted by atomic mass is 10.0. The van der Waals surface area contributed by atoms with Gasteiger partial charge in [-0.15, -0.1) is 0 Å². The van der Waals surface area contributed by atoms with Gasteiger partial charge in [-0.2, -0.15) is 11.3 Å². The van der Waals surface area contributed by atoms with Gasteiger partial charge < -0.3 is 4.74 Å². The Morgan fingerprint density at radius 1 is 1.36 bits per heavy atom. The lowest BCUT2D eigenvalue weighted by molar-refractivity contribution is -0.138. The SMILES string of the molecule is CCOC(=O)/C(=C/c1cscc1Cc1ccccc1)N=[N+]=[N-]. The maximum absolute atomic E-state index is 11.8. The number of nitrogens with zero attached hydrogens (tertiary/aromatic N) is 3. The molecule has 0 aliphatic carbocycles. The highest BCUT2D eigenvalue weighted by Gasteiger charge is 2.11. The van der Waals surface area contributed by atoms with Crippen LogP contribution in [0.2, 0.25) is 0 Å². The first kappa shape index (κ1) is 15.8. The lowest BCUT2D eigenvalue weighted by Gasteiger charge is -2.03. The molecular weight excluding hydrogens is 298 g/mol. The summed E-state index contributed by atoms with van der Waals surface area (Å²) in [5, 5.41) is 7.38.